The van der Waals surface area contributed by atoms with Gasteiger partial charge >= 0.3 is 18.5 Å². The van der Waals surface area contributed by atoms with Crippen molar-refractivity contribution in [3.8, 4) is 17.2 Å². The molecule has 18 heteroatoms. The maximum absolute atomic E-state index is 15.5. The highest BCUT2D eigenvalue weighted by Gasteiger charge is 2.68. The summed E-state index contributed by atoms with van der Waals surface area (Å²) in [5, 5.41) is 26.7. The number of rotatable bonds is 18. The van der Waals surface area contributed by atoms with Crippen LogP contribution in [0.2, 0.25) is 0 Å². The molecule has 8 atom stereocenters. The lowest BCUT2D eigenvalue weighted by Crippen LogP contribution is -2.53. The van der Waals surface area contributed by atoms with Crippen molar-refractivity contribution in [2.45, 2.75) is 67.3 Å². The van der Waals surface area contributed by atoms with E-state index in [1.807, 2.05) is 66.7 Å². The van der Waals surface area contributed by atoms with Gasteiger partial charge < -0.3 is 39.0 Å². The van der Waals surface area contributed by atoms with E-state index >= 15 is 4.39 Å². The predicted molar refractivity (Wildman–Crippen MR) is 234 cm³/mol. The number of aromatic nitrogens is 2. The Hall–Kier alpha value is -4.93. The van der Waals surface area contributed by atoms with Crippen molar-refractivity contribution in [2.24, 2.45) is 0 Å². The average Bonchev–Trinajstić information content (AvgIpc) is 3.50. The quantitative estimate of drug-likeness (QED) is 0.0395. The van der Waals surface area contributed by atoms with E-state index < -0.39 is 65.8 Å². The van der Waals surface area contributed by atoms with Gasteiger partial charge in [-0.15, -0.1) is 11.8 Å². The third-order valence-corrected chi connectivity index (χ3v) is 14.1. The molecule has 0 radical (unpaired) electrons. The van der Waals surface area contributed by atoms with Crippen LogP contribution in [0.4, 0.5) is 10.2 Å². The van der Waals surface area contributed by atoms with Crippen molar-refractivity contribution in [1.29, 1.82) is 0 Å². The second-order valence-corrected chi connectivity index (χ2v) is 19.2. The van der Waals surface area contributed by atoms with Gasteiger partial charge in [-0.2, -0.15) is 4.98 Å². The molecule has 14 nitrogen and oxygen atoms in total. The van der Waals surface area contributed by atoms with Gasteiger partial charge in [0.1, 0.15) is 53.5 Å². The number of hydrogen-bond donors (Lipinski definition) is 4. The van der Waals surface area contributed by atoms with Gasteiger partial charge in [0.15, 0.2) is 6.23 Å². The number of ether oxygens (including phenoxy) is 4. The molecule has 3 heterocycles. The van der Waals surface area contributed by atoms with Crippen LogP contribution in [0, 0.1) is 0 Å². The monoisotopic (exact) mass is 908 g/mol. The molecule has 2 aliphatic rings. The summed E-state index contributed by atoms with van der Waals surface area (Å²) in [5.74, 6) is -1.11. The van der Waals surface area contributed by atoms with Crippen LogP contribution in [0.1, 0.15) is 49.6 Å². The molecule has 2 saturated heterocycles. The Balaban J connectivity index is 1.09. The second kappa shape index (κ2) is 18.8. The lowest BCUT2D eigenvalue weighted by atomic mass is 9.77. The number of nitrogens with one attached hydrogen (secondary N) is 2. The van der Waals surface area contributed by atoms with E-state index in [4.69, 9.17) is 34.7 Å². The van der Waals surface area contributed by atoms with Crippen LogP contribution < -0.4 is 30.1 Å². The summed E-state index contributed by atoms with van der Waals surface area (Å²) in [6.07, 6.45) is -1.24. The molecule has 62 heavy (non-hydrogen) atoms. The Morgan fingerprint density at radius 3 is 2.15 bits per heavy atom. The molecule has 3 unspecified atom stereocenters. The number of nitrogens with zero attached hydrogens (tertiary/aromatic N) is 2. The van der Waals surface area contributed by atoms with Gasteiger partial charge in [-0.1, -0.05) is 72.8 Å². The van der Waals surface area contributed by atoms with Gasteiger partial charge in [-0.25, -0.2) is 18.8 Å². The number of aliphatic hydroxyl groups is 2. The number of carbonyl (C=O) groups excluding carboxylic acids is 1. The molecule has 0 aliphatic carbocycles. The van der Waals surface area contributed by atoms with Crippen LogP contribution >= 0.6 is 29.9 Å². The molecule has 0 amide bonds. The molecule has 1 aromatic heterocycles. The fourth-order valence-corrected chi connectivity index (χ4v) is 10.5. The molecule has 7 rings (SSSR count). The van der Waals surface area contributed by atoms with Crippen LogP contribution in [0.5, 0.6) is 17.2 Å². The number of halogens is 2. The fraction of sp³-hybridized carbons (Fsp3) is 0.341. The number of anilines is 1. The van der Waals surface area contributed by atoms with E-state index in [1.165, 1.54) is 24.9 Å². The lowest BCUT2D eigenvalue weighted by molar-refractivity contribution is -0.207. The molecule has 0 saturated carbocycles. The minimum atomic E-state index is -3.89. The number of alkyl halides is 1. The largest absolute Gasteiger partial charge is 0.497 e. The molecule has 4 aromatic carbocycles. The van der Waals surface area contributed by atoms with Crippen LogP contribution in [-0.4, -0.2) is 80.7 Å². The first kappa shape index (κ1) is 45.1. The van der Waals surface area contributed by atoms with E-state index in [-0.39, 0.29) is 18.2 Å². The first-order valence-corrected chi connectivity index (χ1v) is 23.4. The molecular formula is C44H47ClFN4O10PS. The minimum absolute atomic E-state index is 0.194. The molecule has 1 spiro atoms. The van der Waals surface area contributed by atoms with E-state index in [0.29, 0.717) is 30.1 Å². The summed E-state index contributed by atoms with van der Waals surface area (Å²) < 4.78 is 56.3. The number of benzene rings is 4. The maximum Gasteiger partial charge on any atom is 0.409 e. The first-order valence-electron chi connectivity index (χ1n) is 19.8. The molecular weight excluding hydrogens is 862 g/mol. The molecule has 4 N–H and O–H groups in total. The van der Waals surface area contributed by atoms with Crippen LogP contribution in [0.15, 0.2) is 126 Å². The summed E-state index contributed by atoms with van der Waals surface area (Å²) in [4.78, 5) is 31.0. The van der Waals surface area contributed by atoms with Gasteiger partial charge in [0, 0.05) is 23.9 Å². The number of carbonyl (C=O) groups is 1. The van der Waals surface area contributed by atoms with Gasteiger partial charge in [-0.05, 0) is 85.2 Å². The zero-order chi connectivity index (χ0) is 44.1. The van der Waals surface area contributed by atoms with E-state index in [9.17, 15) is 24.4 Å². The number of hydrogen-bond acceptors (Lipinski definition) is 13. The lowest BCUT2D eigenvalue weighted by Gasteiger charge is -2.43. The van der Waals surface area contributed by atoms with E-state index in [0.717, 1.165) is 21.3 Å². The van der Waals surface area contributed by atoms with Crippen molar-refractivity contribution >= 4 is 41.7 Å². The number of aliphatic hydroxyl groups excluding tert-OH is 2. The summed E-state index contributed by atoms with van der Waals surface area (Å²) in [5.41, 5.74) is 0.432. The molecule has 5 aromatic rings. The van der Waals surface area contributed by atoms with Crippen molar-refractivity contribution in [2.75, 3.05) is 31.4 Å². The van der Waals surface area contributed by atoms with Gasteiger partial charge in [0.2, 0.25) is 0 Å². The highest BCUT2D eigenvalue weighted by molar-refractivity contribution is 8.02. The smallest absolute Gasteiger partial charge is 0.409 e. The number of methoxy groups -OCH3 is 1. The van der Waals surface area contributed by atoms with E-state index in [1.54, 1.807) is 62.6 Å². The first-order chi connectivity index (χ1) is 29.7. The summed E-state index contributed by atoms with van der Waals surface area (Å²) in [6.45, 7) is -1.56. The number of para-hydroxylation sites is 1. The van der Waals surface area contributed by atoms with Crippen LogP contribution in [-0.2, 0) is 24.4 Å². The Morgan fingerprint density at radius 2 is 1.58 bits per heavy atom. The third kappa shape index (κ3) is 9.37. The van der Waals surface area contributed by atoms with Gasteiger partial charge in [0.05, 0.1) is 18.5 Å². The fourth-order valence-electron chi connectivity index (χ4n) is 7.54. The molecule has 2 aliphatic heterocycles. The van der Waals surface area contributed by atoms with Crippen molar-refractivity contribution in [3.63, 3.8) is 0 Å². The zero-order valence-corrected chi connectivity index (χ0v) is 36.5. The van der Waals surface area contributed by atoms with Gasteiger partial charge in [-0.3, -0.25) is 9.36 Å². The second-order valence-electron chi connectivity index (χ2n) is 15.0. The summed E-state index contributed by atoms with van der Waals surface area (Å²) in [6, 6.07) is 33.4. The zero-order valence-electron chi connectivity index (χ0n) is 34.1. The Morgan fingerprint density at radius 1 is 0.984 bits per heavy atom. The highest BCUT2D eigenvalue weighted by Crippen LogP contribution is 2.59. The summed E-state index contributed by atoms with van der Waals surface area (Å²) >= 11 is 7.35. The molecule has 328 valence electrons. The highest BCUT2D eigenvalue weighted by atomic mass is 35.7. The molecule has 2 fully saturated rings. The number of thioether (sulfide) groups is 1. The average molecular weight is 909 g/mol. The van der Waals surface area contributed by atoms with Crippen molar-refractivity contribution < 1.29 is 47.4 Å². The van der Waals surface area contributed by atoms with Crippen molar-refractivity contribution in [1.82, 2.24) is 14.6 Å². The standard InChI is InChI=1S/C44H47ClFN4O10PS/c1-29(58-38(52)30(2)49-61(45,55)60-36-12-8-5-9-13-36)23-26-57-35-20-16-33(17-21-35)44(31-10-6-4-7-11-31,32-14-18-34(56-3)19-15-32)48-37-22-25-50(41(54)47-37)40-42(24-27-62-42)39(53)43(46,28-51)59-40/h4-22,25,29-30,39-40,51,53H,23-24,26-28H2,1-3H3,(H,49,55)(H,47,48,54)/t29?,30-,39-,40+,42+,43+,44?,61?/m0/s1. The normalized spacial score (nSPS) is 23.5. The van der Waals surface area contributed by atoms with Crippen LogP contribution in [0.25, 0.3) is 0 Å². The summed E-state index contributed by atoms with van der Waals surface area (Å²) in [7, 11) is 1.58. The SMILES string of the molecule is COc1ccc(C(Nc2ccn([C@@H]3O[C@](F)(CO)[C@@H](O)[C@]34CCS4)c(=O)n2)(c2ccccc2)c2ccc(OCCC(C)OC(=O)[C@H](C)NP(=O)(Cl)Oc3ccccc3)cc2)cc1. The third-order valence-electron chi connectivity index (χ3n) is 10.9. The maximum atomic E-state index is 15.5. The number of esters is 1. The van der Waals surface area contributed by atoms with Gasteiger partial charge in [0.25, 0.3) is 5.85 Å². The van der Waals surface area contributed by atoms with Crippen LogP contribution in [0.3, 0.4) is 0 Å². The molecule has 0 bridgehead atoms. The predicted octanol–water partition coefficient (Wildman–Crippen LogP) is 7.18. The van der Waals surface area contributed by atoms with E-state index in [2.05, 4.69) is 15.4 Å². The topological polar surface area (TPSA) is 180 Å². The Labute approximate surface area is 367 Å². The van der Waals surface area contributed by atoms with Crippen molar-refractivity contribution in [3.05, 3.63) is 149 Å². The minimum Gasteiger partial charge on any atom is -0.497 e. The Kier molecular flexibility index (Phi) is 13.7. The Bertz CT molecular complexity index is 2420.